The van der Waals surface area contributed by atoms with Gasteiger partial charge in [-0.05, 0) is 19.1 Å². The average Bonchev–Trinajstić information content (AvgIpc) is 2.36. The number of nitrogens with one attached hydrogen (secondary N) is 1. The molecule has 0 aromatic heterocycles. The van der Waals surface area contributed by atoms with Gasteiger partial charge in [0.25, 0.3) is 5.69 Å². The fourth-order valence-corrected chi connectivity index (χ4v) is 1.36. The number of hydrogen-bond acceptors (Lipinski definition) is 6. The van der Waals surface area contributed by atoms with Crippen LogP contribution in [0.25, 0.3) is 0 Å². The Labute approximate surface area is 108 Å². The molecule has 1 aromatic carbocycles. The van der Waals surface area contributed by atoms with Gasteiger partial charge in [-0.25, -0.2) is 9.18 Å². The molecular weight excluding hydrogens is 259 g/mol. The molecule has 1 unspecified atom stereocenters. The lowest BCUT2D eigenvalue weighted by atomic mass is 10.1. The molecule has 0 aliphatic rings. The maximum Gasteiger partial charge on any atom is 0.339 e. The number of nitro benzene ring substituents is 1. The lowest BCUT2D eigenvalue weighted by molar-refractivity contribution is -0.384. The molecule has 0 saturated carbocycles. The summed E-state index contributed by atoms with van der Waals surface area (Å²) in [5, 5.41) is 23.0. The van der Waals surface area contributed by atoms with Crippen molar-refractivity contribution in [3.8, 4) is 0 Å². The second-order valence-electron chi connectivity index (χ2n) is 4.04. The van der Waals surface area contributed by atoms with Crippen LogP contribution >= 0.6 is 0 Å². The van der Waals surface area contributed by atoms with E-state index in [2.05, 4.69) is 10.1 Å². The smallest absolute Gasteiger partial charge is 0.339 e. The van der Waals surface area contributed by atoms with E-state index in [-0.39, 0.29) is 12.2 Å². The van der Waals surface area contributed by atoms with Gasteiger partial charge in [0.05, 0.1) is 24.6 Å². The molecule has 0 amide bonds. The van der Waals surface area contributed by atoms with Crippen LogP contribution in [0.5, 0.6) is 0 Å². The van der Waals surface area contributed by atoms with E-state index < -0.39 is 28.0 Å². The van der Waals surface area contributed by atoms with Crippen LogP contribution in [-0.4, -0.2) is 35.3 Å². The molecule has 0 fully saturated rings. The monoisotopic (exact) mass is 272 g/mol. The van der Waals surface area contributed by atoms with E-state index in [0.717, 1.165) is 25.3 Å². The molecule has 1 atom stereocenters. The summed E-state index contributed by atoms with van der Waals surface area (Å²) in [5.74, 6) is -1.64. The van der Waals surface area contributed by atoms with Crippen molar-refractivity contribution in [1.29, 1.82) is 0 Å². The Kier molecular flexibility index (Phi) is 4.38. The Morgan fingerprint density at radius 3 is 2.79 bits per heavy atom. The van der Waals surface area contributed by atoms with Crippen molar-refractivity contribution in [1.82, 2.24) is 0 Å². The highest BCUT2D eigenvalue weighted by atomic mass is 19.1. The number of benzene rings is 1. The number of nitrogens with zero attached hydrogens (tertiary/aromatic N) is 1. The number of aliphatic hydroxyl groups is 1. The molecule has 7 nitrogen and oxygen atoms in total. The lowest BCUT2D eigenvalue weighted by Gasteiger charge is -2.21. The Balaban J connectivity index is 2.89. The van der Waals surface area contributed by atoms with Gasteiger partial charge >= 0.3 is 5.97 Å². The van der Waals surface area contributed by atoms with Crippen LogP contribution < -0.4 is 5.32 Å². The quantitative estimate of drug-likeness (QED) is 0.472. The van der Waals surface area contributed by atoms with Gasteiger partial charge in [0, 0.05) is 0 Å². The summed E-state index contributed by atoms with van der Waals surface area (Å²) in [4.78, 5) is 21.2. The lowest BCUT2D eigenvalue weighted by Crippen LogP contribution is -2.42. The van der Waals surface area contributed by atoms with Gasteiger partial charge in [-0.3, -0.25) is 10.1 Å². The average molecular weight is 272 g/mol. The van der Waals surface area contributed by atoms with Crippen molar-refractivity contribution in [3.63, 3.8) is 0 Å². The Morgan fingerprint density at radius 2 is 2.26 bits per heavy atom. The highest BCUT2D eigenvalue weighted by Crippen LogP contribution is 2.25. The number of rotatable bonds is 5. The number of esters is 1. The maximum atomic E-state index is 12.9. The van der Waals surface area contributed by atoms with Gasteiger partial charge in [-0.15, -0.1) is 0 Å². The van der Waals surface area contributed by atoms with E-state index in [1.54, 1.807) is 0 Å². The minimum atomic E-state index is -1.85. The topological polar surface area (TPSA) is 102 Å². The van der Waals surface area contributed by atoms with Crippen LogP contribution in [0.4, 0.5) is 15.8 Å². The molecule has 0 saturated heterocycles. The fraction of sp³-hybridized carbons (Fsp3) is 0.364. The largest absolute Gasteiger partial charge is 0.467 e. The number of nitro groups is 1. The molecular formula is C11H13FN2O5. The van der Waals surface area contributed by atoms with Crippen molar-refractivity contribution in [2.24, 2.45) is 0 Å². The van der Waals surface area contributed by atoms with Crippen LogP contribution in [0.3, 0.4) is 0 Å². The summed E-state index contributed by atoms with van der Waals surface area (Å²) in [6.07, 6.45) is 0. The zero-order valence-corrected chi connectivity index (χ0v) is 10.3. The van der Waals surface area contributed by atoms with Crippen LogP contribution in [-0.2, 0) is 9.53 Å². The van der Waals surface area contributed by atoms with Crippen molar-refractivity contribution >= 4 is 17.3 Å². The van der Waals surface area contributed by atoms with E-state index in [9.17, 15) is 24.4 Å². The third kappa shape index (κ3) is 3.62. The summed E-state index contributed by atoms with van der Waals surface area (Å²) in [6, 6.07) is 2.93. The maximum absolute atomic E-state index is 12.9. The van der Waals surface area contributed by atoms with E-state index in [1.807, 2.05) is 0 Å². The highest BCUT2D eigenvalue weighted by molar-refractivity contribution is 5.79. The summed E-state index contributed by atoms with van der Waals surface area (Å²) in [6.45, 7) is 0.882. The van der Waals surface area contributed by atoms with Crippen LogP contribution in [0.1, 0.15) is 6.92 Å². The molecule has 0 aliphatic carbocycles. The second-order valence-corrected chi connectivity index (χ2v) is 4.04. The third-order valence-electron chi connectivity index (χ3n) is 2.40. The number of carbonyl (C=O) groups excluding carboxylic acids is 1. The molecule has 1 aromatic rings. The summed E-state index contributed by atoms with van der Waals surface area (Å²) >= 11 is 0. The van der Waals surface area contributed by atoms with Crippen molar-refractivity contribution in [3.05, 3.63) is 34.1 Å². The molecule has 1 rings (SSSR count). The minimum Gasteiger partial charge on any atom is -0.467 e. The van der Waals surface area contributed by atoms with Crippen LogP contribution in [0.15, 0.2) is 18.2 Å². The van der Waals surface area contributed by atoms with Gasteiger partial charge in [-0.1, -0.05) is 0 Å². The SMILES string of the molecule is COC(=O)C(C)(O)CNc1ccc(F)cc1[N+](=O)[O-]. The summed E-state index contributed by atoms with van der Waals surface area (Å²) < 4.78 is 17.3. The number of hydrogen-bond donors (Lipinski definition) is 2. The van der Waals surface area contributed by atoms with Gasteiger partial charge in [0.1, 0.15) is 11.5 Å². The molecule has 8 heteroatoms. The van der Waals surface area contributed by atoms with E-state index in [1.165, 1.54) is 6.92 Å². The molecule has 0 aliphatic heterocycles. The Morgan fingerprint density at radius 1 is 1.63 bits per heavy atom. The molecule has 0 bridgehead atoms. The summed E-state index contributed by atoms with van der Waals surface area (Å²) in [7, 11) is 1.11. The van der Waals surface area contributed by atoms with Gasteiger partial charge < -0.3 is 15.2 Å². The Bertz CT molecular complexity index is 504. The molecule has 0 spiro atoms. The van der Waals surface area contributed by atoms with Gasteiger partial charge in [0.2, 0.25) is 0 Å². The van der Waals surface area contributed by atoms with Crippen molar-refractivity contribution < 1.29 is 24.0 Å². The van der Waals surface area contributed by atoms with Crippen LogP contribution in [0, 0.1) is 15.9 Å². The molecule has 2 N–H and O–H groups in total. The first-order valence-corrected chi connectivity index (χ1v) is 5.26. The number of carbonyl (C=O) groups is 1. The minimum absolute atomic E-state index is 0.00409. The Hall–Kier alpha value is -2.22. The number of anilines is 1. The van der Waals surface area contributed by atoms with E-state index in [0.29, 0.717) is 0 Å². The number of halogens is 1. The standard InChI is InChI=1S/C11H13FN2O5/c1-11(16,10(15)19-2)6-13-8-4-3-7(12)5-9(8)14(17)18/h3-5,13,16H,6H2,1-2H3. The van der Waals surface area contributed by atoms with Crippen molar-refractivity contribution in [2.75, 3.05) is 19.0 Å². The third-order valence-corrected chi connectivity index (χ3v) is 2.40. The van der Waals surface area contributed by atoms with E-state index in [4.69, 9.17) is 0 Å². The fourth-order valence-electron chi connectivity index (χ4n) is 1.36. The van der Waals surface area contributed by atoms with Crippen molar-refractivity contribution in [2.45, 2.75) is 12.5 Å². The molecule has 0 heterocycles. The zero-order chi connectivity index (χ0) is 14.6. The zero-order valence-electron chi connectivity index (χ0n) is 10.3. The first kappa shape index (κ1) is 14.8. The second kappa shape index (κ2) is 5.61. The number of methoxy groups -OCH3 is 1. The van der Waals surface area contributed by atoms with E-state index >= 15 is 0 Å². The van der Waals surface area contributed by atoms with Gasteiger partial charge in [-0.2, -0.15) is 0 Å². The summed E-state index contributed by atoms with van der Waals surface area (Å²) in [5.41, 5.74) is -2.34. The van der Waals surface area contributed by atoms with Gasteiger partial charge in [0.15, 0.2) is 5.60 Å². The number of ether oxygens (including phenoxy) is 1. The molecule has 19 heavy (non-hydrogen) atoms. The molecule has 0 radical (unpaired) electrons. The predicted octanol–water partition coefficient (Wildman–Crippen LogP) is 1.07. The first-order chi connectivity index (χ1) is 8.77. The predicted molar refractivity (Wildman–Crippen MR) is 64.2 cm³/mol. The highest BCUT2D eigenvalue weighted by Gasteiger charge is 2.32. The normalized spacial score (nSPS) is 13.5. The first-order valence-electron chi connectivity index (χ1n) is 5.26. The van der Waals surface area contributed by atoms with Crippen LogP contribution in [0.2, 0.25) is 0 Å². The molecule has 104 valence electrons.